The largest absolute Gasteiger partial charge is 0.466 e. The van der Waals surface area contributed by atoms with Gasteiger partial charge in [0.05, 0.1) is 12.6 Å². The molecule has 1 saturated heterocycles. The molecule has 1 N–H and O–H groups in total. The predicted molar refractivity (Wildman–Crippen MR) is 73.8 cm³/mol. The van der Waals surface area contributed by atoms with Gasteiger partial charge in [-0.2, -0.15) is 0 Å². The molecule has 0 bridgehead atoms. The molecule has 1 aliphatic rings. The van der Waals surface area contributed by atoms with Crippen LogP contribution in [0.3, 0.4) is 0 Å². The maximum Gasteiger partial charge on any atom is 0.305 e. The zero-order chi connectivity index (χ0) is 14.1. The van der Waals surface area contributed by atoms with Gasteiger partial charge in [-0.3, -0.25) is 14.5 Å². The first-order valence-corrected chi connectivity index (χ1v) is 7.30. The van der Waals surface area contributed by atoms with Crippen LogP contribution in [-0.2, 0) is 14.3 Å². The average Bonchev–Trinajstić information content (AvgIpc) is 2.86. The fourth-order valence-electron chi connectivity index (χ4n) is 2.55. The van der Waals surface area contributed by atoms with Crippen molar-refractivity contribution in [1.29, 1.82) is 0 Å². The highest BCUT2D eigenvalue weighted by molar-refractivity contribution is 5.81. The number of ether oxygens (including phenoxy) is 1. The van der Waals surface area contributed by atoms with E-state index in [1.54, 1.807) is 7.05 Å². The first kappa shape index (κ1) is 16.0. The monoisotopic (exact) mass is 270 g/mol. The standard InChI is InChI=1S/C14H26N2O3/c1-3-19-13(17)9-5-4-6-10-16-11-7-8-12(16)14(18)15-2/h12H,3-11H2,1-2H3,(H,15,18). The number of unbranched alkanes of at least 4 members (excludes halogenated alkanes) is 2. The van der Waals surface area contributed by atoms with Crippen LogP contribution in [0.2, 0.25) is 0 Å². The van der Waals surface area contributed by atoms with Gasteiger partial charge >= 0.3 is 5.97 Å². The number of likely N-dealkylation sites (N-methyl/N-ethyl adjacent to an activating group) is 1. The highest BCUT2D eigenvalue weighted by atomic mass is 16.5. The van der Waals surface area contributed by atoms with Crippen LogP contribution in [0.1, 0.15) is 45.4 Å². The molecule has 0 aromatic heterocycles. The van der Waals surface area contributed by atoms with Crippen molar-refractivity contribution in [2.45, 2.75) is 51.5 Å². The SMILES string of the molecule is CCOC(=O)CCCCCN1CCCC1C(=O)NC. The molecular weight excluding hydrogens is 244 g/mol. The smallest absolute Gasteiger partial charge is 0.305 e. The normalized spacial score (nSPS) is 19.4. The topological polar surface area (TPSA) is 58.6 Å². The lowest BCUT2D eigenvalue weighted by Gasteiger charge is -2.22. The first-order valence-electron chi connectivity index (χ1n) is 7.30. The zero-order valence-corrected chi connectivity index (χ0v) is 12.1. The molecule has 1 aliphatic heterocycles. The maximum absolute atomic E-state index is 11.7. The predicted octanol–water partition coefficient (Wildman–Crippen LogP) is 1.32. The van der Waals surface area contributed by atoms with Gasteiger partial charge in [0.15, 0.2) is 0 Å². The molecule has 1 unspecified atom stereocenters. The number of likely N-dealkylation sites (tertiary alicyclic amines) is 1. The molecule has 1 amide bonds. The minimum atomic E-state index is -0.105. The van der Waals surface area contributed by atoms with Crippen LogP contribution in [0.4, 0.5) is 0 Å². The van der Waals surface area contributed by atoms with Gasteiger partial charge < -0.3 is 10.1 Å². The third kappa shape index (κ3) is 5.59. The number of hydrogen-bond acceptors (Lipinski definition) is 4. The van der Waals surface area contributed by atoms with E-state index in [0.717, 1.165) is 45.2 Å². The van der Waals surface area contributed by atoms with Gasteiger partial charge in [0.25, 0.3) is 0 Å². The second-order valence-electron chi connectivity index (χ2n) is 4.92. The Balaban J connectivity index is 2.12. The van der Waals surface area contributed by atoms with Crippen molar-refractivity contribution in [2.24, 2.45) is 0 Å². The second kappa shape index (κ2) is 8.91. The summed E-state index contributed by atoms with van der Waals surface area (Å²) in [5.74, 6) is 0.0240. The molecule has 0 aromatic carbocycles. The van der Waals surface area contributed by atoms with Crippen LogP contribution in [0.25, 0.3) is 0 Å². The van der Waals surface area contributed by atoms with Gasteiger partial charge in [0.2, 0.25) is 5.91 Å². The highest BCUT2D eigenvalue weighted by Crippen LogP contribution is 2.18. The minimum absolute atomic E-state index is 0.0510. The van der Waals surface area contributed by atoms with Gasteiger partial charge in [-0.05, 0) is 45.7 Å². The summed E-state index contributed by atoms with van der Waals surface area (Å²) < 4.78 is 4.88. The fraction of sp³-hybridized carbons (Fsp3) is 0.857. The van der Waals surface area contributed by atoms with Crippen LogP contribution < -0.4 is 5.32 Å². The summed E-state index contributed by atoms with van der Waals surface area (Å²) in [4.78, 5) is 25.1. The molecule has 0 radical (unpaired) electrons. The van der Waals surface area contributed by atoms with Gasteiger partial charge in [-0.25, -0.2) is 0 Å². The lowest BCUT2D eigenvalue weighted by molar-refractivity contribution is -0.143. The summed E-state index contributed by atoms with van der Waals surface area (Å²) in [6.45, 7) is 4.24. The number of rotatable bonds is 8. The van der Waals surface area contributed by atoms with Gasteiger partial charge in [-0.15, -0.1) is 0 Å². The molecule has 0 saturated carbocycles. The Hall–Kier alpha value is -1.10. The molecule has 0 aliphatic carbocycles. The highest BCUT2D eigenvalue weighted by Gasteiger charge is 2.29. The Bertz CT molecular complexity index is 294. The number of hydrogen-bond donors (Lipinski definition) is 1. The van der Waals surface area contributed by atoms with E-state index in [-0.39, 0.29) is 17.9 Å². The van der Waals surface area contributed by atoms with Gasteiger partial charge in [-0.1, -0.05) is 6.42 Å². The van der Waals surface area contributed by atoms with E-state index in [2.05, 4.69) is 10.2 Å². The van der Waals surface area contributed by atoms with Crippen LogP contribution in [0, 0.1) is 0 Å². The lowest BCUT2D eigenvalue weighted by Crippen LogP contribution is -2.42. The number of amides is 1. The summed E-state index contributed by atoms with van der Waals surface area (Å²) in [5.41, 5.74) is 0. The van der Waals surface area contributed by atoms with E-state index >= 15 is 0 Å². The molecule has 110 valence electrons. The molecule has 1 atom stereocenters. The van der Waals surface area contributed by atoms with Gasteiger partial charge in [0, 0.05) is 13.5 Å². The number of carbonyl (C=O) groups excluding carboxylic acids is 2. The summed E-state index contributed by atoms with van der Waals surface area (Å²) >= 11 is 0. The molecule has 5 heteroatoms. The third-order valence-corrected chi connectivity index (χ3v) is 3.54. The molecule has 1 rings (SSSR count). The minimum Gasteiger partial charge on any atom is -0.466 e. The Kier molecular flexibility index (Phi) is 7.48. The Morgan fingerprint density at radius 2 is 2.11 bits per heavy atom. The number of esters is 1. The number of nitrogens with one attached hydrogen (secondary N) is 1. The lowest BCUT2D eigenvalue weighted by atomic mass is 10.1. The van der Waals surface area contributed by atoms with E-state index in [9.17, 15) is 9.59 Å². The van der Waals surface area contributed by atoms with Crippen molar-refractivity contribution in [1.82, 2.24) is 10.2 Å². The van der Waals surface area contributed by atoms with Crippen molar-refractivity contribution in [3.8, 4) is 0 Å². The molecule has 0 aromatic rings. The number of carbonyl (C=O) groups is 2. The van der Waals surface area contributed by atoms with Crippen molar-refractivity contribution < 1.29 is 14.3 Å². The third-order valence-electron chi connectivity index (χ3n) is 3.54. The average molecular weight is 270 g/mol. The van der Waals surface area contributed by atoms with Gasteiger partial charge in [0.1, 0.15) is 0 Å². The Morgan fingerprint density at radius 3 is 2.79 bits per heavy atom. The molecular formula is C14H26N2O3. The maximum atomic E-state index is 11.7. The fourth-order valence-corrected chi connectivity index (χ4v) is 2.55. The van der Waals surface area contributed by atoms with E-state index in [4.69, 9.17) is 4.74 Å². The molecule has 1 fully saturated rings. The van der Waals surface area contributed by atoms with Crippen molar-refractivity contribution in [3.05, 3.63) is 0 Å². The summed E-state index contributed by atoms with van der Waals surface area (Å²) in [7, 11) is 1.69. The summed E-state index contributed by atoms with van der Waals surface area (Å²) in [6.07, 6.45) is 5.48. The van der Waals surface area contributed by atoms with Crippen molar-refractivity contribution >= 4 is 11.9 Å². The van der Waals surface area contributed by atoms with E-state index in [1.807, 2.05) is 6.92 Å². The molecule has 1 heterocycles. The first-order chi connectivity index (χ1) is 9.19. The zero-order valence-electron chi connectivity index (χ0n) is 12.1. The van der Waals surface area contributed by atoms with E-state index < -0.39 is 0 Å². The second-order valence-corrected chi connectivity index (χ2v) is 4.92. The molecule has 0 spiro atoms. The molecule has 5 nitrogen and oxygen atoms in total. The number of nitrogens with zero attached hydrogens (tertiary/aromatic N) is 1. The van der Waals surface area contributed by atoms with Crippen molar-refractivity contribution in [3.63, 3.8) is 0 Å². The van der Waals surface area contributed by atoms with Crippen LogP contribution in [0.5, 0.6) is 0 Å². The van der Waals surface area contributed by atoms with Crippen molar-refractivity contribution in [2.75, 3.05) is 26.7 Å². The Labute approximate surface area is 115 Å². The van der Waals surface area contributed by atoms with Crippen LogP contribution >= 0.6 is 0 Å². The summed E-state index contributed by atoms with van der Waals surface area (Å²) in [6, 6.07) is 0.0510. The van der Waals surface area contributed by atoms with E-state index in [1.165, 1.54) is 0 Å². The van der Waals surface area contributed by atoms with E-state index in [0.29, 0.717) is 13.0 Å². The quantitative estimate of drug-likeness (QED) is 0.534. The summed E-state index contributed by atoms with van der Waals surface area (Å²) in [5, 5.41) is 2.73. The van der Waals surface area contributed by atoms with Crippen LogP contribution in [0.15, 0.2) is 0 Å². The van der Waals surface area contributed by atoms with Crippen LogP contribution in [-0.4, -0.2) is 49.6 Å². The molecule has 19 heavy (non-hydrogen) atoms. The Morgan fingerprint density at radius 1 is 1.32 bits per heavy atom.